The lowest BCUT2D eigenvalue weighted by atomic mass is 10.3. The second-order valence-corrected chi connectivity index (χ2v) is 4.15. The molecule has 0 heterocycles. The molecule has 4 nitrogen and oxygen atoms in total. The van der Waals surface area contributed by atoms with Gasteiger partial charge in [-0.05, 0) is 18.6 Å². The molecular weight excluding hydrogens is 320 g/mol. The number of halogens is 5. The van der Waals surface area contributed by atoms with Crippen LogP contribution in [0.3, 0.4) is 0 Å². The van der Waals surface area contributed by atoms with Crippen molar-refractivity contribution < 1.29 is 36.6 Å². The van der Waals surface area contributed by atoms with Gasteiger partial charge in [0, 0.05) is 17.7 Å². The van der Waals surface area contributed by atoms with Crippen molar-refractivity contribution in [3.05, 3.63) is 24.0 Å². The average molecular weight is 331 g/mol. The fraction of sp³-hybridized carbons (Fsp3) is 0.417. The summed E-state index contributed by atoms with van der Waals surface area (Å²) in [6.07, 6.45) is -5.31. The average Bonchev–Trinajstić information content (AvgIpc) is 2.35. The molecule has 1 aromatic rings. The molecule has 0 spiro atoms. The third-order valence-electron chi connectivity index (χ3n) is 2.28. The summed E-state index contributed by atoms with van der Waals surface area (Å²) in [5.74, 6) is -1.96. The van der Waals surface area contributed by atoms with Crippen LogP contribution < -0.4 is 9.47 Å². The van der Waals surface area contributed by atoms with Crippen molar-refractivity contribution in [2.75, 3.05) is 6.61 Å². The molecular formula is C12H11ClF4O4. The number of hydrogen-bond acceptors (Lipinski definition) is 4. The quantitative estimate of drug-likeness (QED) is 0.577. The summed E-state index contributed by atoms with van der Waals surface area (Å²) in [6, 6.07) is 2.33. The van der Waals surface area contributed by atoms with E-state index in [1.165, 1.54) is 0 Å². The minimum Gasteiger partial charge on any atom is -0.487 e. The van der Waals surface area contributed by atoms with Crippen LogP contribution in [0, 0.1) is 5.82 Å². The van der Waals surface area contributed by atoms with Gasteiger partial charge in [0.05, 0.1) is 0 Å². The summed E-state index contributed by atoms with van der Waals surface area (Å²) in [5, 5.41) is 0. The van der Waals surface area contributed by atoms with Crippen LogP contribution >= 0.6 is 11.6 Å². The van der Waals surface area contributed by atoms with Crippen molar-refractivity contribution in [2.24, 2.45) is 0 Å². The third-order valence-corrected chi connectivity index (χ3v) is 2.36. The minimum atomic E-state index is -4.89. The highest BCUT2D eigenvalue weighted by Crippen LogP contribution is 2.28. The lowest BCUT2D eigenvalue weighted by Crippen LogP contribution is -2.22. The molecule has 0 aliphatic heterocycles. The molecule has 1 aromatic carbocycles. The van der Waals surface area contributed by atoms with Crippen LogP contribution in [0.1, 0.15) is 13.3 Å². The zero-order valence-electron chi connectivity index (χ0n) is 10.7. The largest absolute Gasteiger partial charge is 0.573 e. The Hall–Kier alpha value is -1.70. The Morgan fingerprint density at radius 3 is 2.57 bits per heavy atom. The van der Waals surface area contributed by atoms with Crippen LogP contribution in [0.25, 0.3) is 0 Å². The van der Waals surface area contributed by atoms with Gasteiger partial charge < -0.3 is 14.2 Å². The van der Waals surface area contributed by atoms with E-state index in [0.29, 0.717) is 6.42 Å². The van der Waals surface area contributed by atoms with E-state index in [0.717, 1.165) is 18.2 Å². The van der Waals surface area contributed by atoms with Crippen molar-refractivity contribution in [3.63, 3.8) is 0 Å². The van der Waals surface area contributed by atoms with Gasteiger partial charge in [0.25, 0.3) is 0 Å². The monoisotopic (exact) mass is 330 g/mol. The second kappa shape index (κ2) is 7.35. The van der Waals surface area contributed by atoms with E-state index in [4.69, 9.17) is 16.3 Å². The van der Waals surface area contributed by atoms with Gasteiger partial charge in [-0.1, -0.05) is 6.92 Å². The van der Waals surface area contributed by atoms with Crippen molar-refractivity contribution in [1.82, 2.24) is 0 Å². The van der Waals surface area contributed by atoms with Gasteiger partial charge in [-0.2, -0.15) is 0 Å². The fourth-order valence-electron chi connectivity index (χ4n) is 1.34. The zero-order chi connectivity index (χ0) is 16.0. The van der Waals surface area contributed by atoms with Crippen molar-refractivity contribution in [1.29, 1.82) is 0 Å². The number of alkyl halides is 3. The SMILES string of the molecule is CCC(COc1cc(OC(F)(F)F)ccc1F)OC(=O)Cl. The van der Waals surface area contributed by atoms with Gasteiger partial charge in [0.2, 0.25) is 0 Å². The highest BCUT2D eigenvalue weighted by atomic mass is 35.5. The molecule has 21 heavy (non-hydrogen) atoms. The Bertz CT molecular complexity index is 493. The van der Waals surface area contributed by atoms with Crippen LogP contribution in [0.2, 0.25) is 0 Å². The van der Waals surface area contributed by atoms with Crippen molar-refractivity contribution in [2.45, 2.75) is 25.8 Å². The van der Waals surface area contributed by atoms with E-state index in [1.807, 2.05) is 0 Å². The standard InChI is InChI=1S/C12H11ClF4O4/c1-2-7(20-11(13)18)6-19-10-5-8(3-4-9(10)14)21-12(15,16)17/h3-5,7H,2,6H2,1H3. The first-order chi connectivity index (χ1) is 9.71. The van der Waals surface area contributed by atoms with E-state index in [2.05, 4.69) is 9.47 Å². The highest BCUT2D eigenvalue weighted by Gasteiger charge is 2.31. The number of rotatable bonds is 6. The topological polar surface area (TPSA) is 44.8 Å². The Morgan fingerprint density at radius 1 is 1.38 bits per heavy atom. The van der Waals surface area contributed by atoms with Gasteiger partial charge in [0.1, 0.15) is 18.5 Å². The number of carbonyl (C=O) groups excluding carboxylic acids is 1. The molecule has 0 N–H and O–H groups in total. The lowest BCUT2D eigenvalue weighted by molar-refractivity contribution is -0.274. The van der Waals surface area contributed by atoms with E-state index >= 15 is 0 Å². The van der Waals surface area contributed by atoms with E-state index in [-0.39, 0.29) is 6.61 Å². The summed E-state index contributed by atoms with van der Waals surface area (Å²) in [5.41, 5.74) is -1.06. The number of ether oxygens (including phenoxy) is 3. The molecule has 1 unspecified atom stereocenters. The van der Waals surface area contributed by atoms with E-state index in [9.17, 15) is 22.4 Å². The Labute approximate surface area is 122 Å². The first-order valence-corrected chi connectivity index (χ1v) is 6.13. The number of hydrogen-bond donors (Lipinski definition) is 0. The molecule has 0 saturated heterocycles. The predicted octanol–water partition coefficient (Wildman–Crippen LogP) is 4.26. The zero-order valence-corrected chi connectivity index (χ0v) is 11.5. The van der Waals surface area contributed by atoms with Crippen molar-refractivity contribution in [3.8, 4) is 11.5 Å². The van der Waals surface area contributed by atoms with Gasteiger partial charge >= 0.3 is 11.8 Å². The predicted molar refractivity (Wildman–Crippen MR) is 65.0 cm³/mol. The fourth-order valence-corrected chi connectivity index (χ4v) is 1.47. The summed E-state index contributed by atoms with van der Waals surface area (Å²) < 4.78 is 62.9. The Morgan fingerprint density at radius 2 is 2.05 bits per heavy atom. The van der Waals surface area contributed by atoms with Gasteiger partial charge in [-0.3, -0.25) is 0 Å². The Balaban J connectivity index is 2.73. The molecule has 0 radical (unpaired) electrons. The summed E-state index contributed by atoms with van der Waals surface area (Å²) in [7, 11) is 0. The molecule has 9 heteroatoms. The normalized spacial score (nSPS) is 12.7. The summed E-state index contributed by atoms with van der Waals surface area (Å²) >= 11 is 5.03. The number of carbonyl (C=O) groups is 1. The molecule has 0 saturated carbocycles. The van der Waals surface area contributed by atoms with Gasteiger partial charge in [-0.25, -0.2) is 9.18 Å². The molecule has 0 aliphatic carbocycles. The van der Waals surface area contributed by atoms with Crippen LogP contribution in [0.5, 0.6) is 11.5 Å². The lowest BCUT2D eigenvalue weighted by Gasteiger charge is -2.16. The molecule has 0 aromatic heterocycles. The smallest absolute Gasteiger partial charge is 0.487 e. The van der Waals surface area contributed by atoms with Crippen molar-refractivity contribution >= 4 is 17.0 Å². The third kappa shape index (κ3) is 6.52. The molecule has 1 rings (SSSR count). The molecule has 0 bridgehead atoms. The minimum absolute atomic E-state index is 0.263. The maximum Gasteiger partial charge on any atom is 0.573 e. The van der Waals surface area contributed by atoms with E-state index < -0.39 is 35.2 Å². The van der Waals surface area contributed by atoms with Crippen LogP contribution in [-0.4, -0.2) is 24.5 Å². The van der Waals surface area contributed by atoms with Crippen LogP contribution in [0.15, 0.2) is 18.2 Å². The highest BCUT2D eigenvalue weighted by molar-refractivity contribution is 6.61. The molecule has 0 fully saturated rings. The molecule has 118 valence electrons. The molecule has 1 atom stereocenters. The first kappa shape index (κ1) is 17.4. The van der Waals surface area contributed by atoms with Crippen LogP contribution in [-0.2, 0) is 4.74 Å². The molecule has 0 aliphatic rings. The number of benzene rings is 1. The summed E-state index contributed by atoms with van der Waals surface area (Å²) in [4.78, 5) is 10.6. The Kier molecular flexibility index (Phi) is 6.07. The maximum atomic E-state index is 13.4. The van der Waals surface area contributed by atoms with Gasteiger partial charge in [0.15, 0.2) is 11.6 Å². The summed E-state index contributed by atoms with van der Waals surface area (Å²) in [6.45, 7) is 1.40. The first-order valence-electron chi connectivity index (χ1n) is 5.75. The second-order valence-electron chi connectivity index (χ2n) is 3.84. The van der Waals surface area contributed by atoms with E-state index in [1.54, 1.807) is 6.92 Å². The maximum absolute atomic E-state index is 13.4. The molecule has 0 amide bonds. The van der Waals surface area contributed by atoms with Gasteiger partial charge in [-0.15, -0.1) is 13.2 Å². The van der Waals surface area contributed by atoms with Crippen LogP contribution in [0.4, 0.5) is 22.4 Å².